The minimum atomic E-state index is 0.224. The Hall–Kier alpha value is -1.51. The third-order valence-corrected chi connectivity index (χ3v) is 2.09. The number of phenols is 1. The van der Waals surface area contributed by atoms with E-state index in [1.54, 1.807) is 24.3 Å². The van der Waals surface area contributed by atoms with Crippen molar-refractivity contribution in [2.45, 2.75) is 26.2 Å². The molecule has 0 heterocycles. The zero-order valence-electron chi connectivity index (χ0n) is 8.27. The Morgan fingerprint density at radius 1 is 1.29 bits per heavy atom. The molecule has 0 spiro atoms. The Morgan fingerprint density at radius 3 is 2.43 bits per heavy atom. The van der Waals surface area contributed by atoms with Gasteiger partial charge in [0.2, 0.25) is 0 Å². The van der Waals surface area contributed by atoms with E-state index in [0.29, 0.717) is 5.71 Å². The van der Waals surface area contributed by atoms with Crippen molar-refractivity contribution >= 4 is 5.71 Å². The number of nitrogens with zero attached hydrogens (tertiary/aromatic N) is 1. The molecule has 0 aromatic heterocycles. The fourth-order valence-electron chi connectivity index (χ4n) is 1.25. The van der Waals surface area contributed by atoms with Gasteiger partial charge in [-0.05, 0) is 42.7 Å². The molecule has 1 aromatic rings. The highest BCUT2D eigenvalue weighted by atomic mass is 16.4. The van der Waals surface area contributed by atoms with Crippen molar-refractivity contribution in [3.63, 3.8) is 0 Å². The zero-order chi connectivity index (χ0) is 10.4. The summed E-state index contributed by atoms with van der Waals surface area (Å²) in [7, 11) is 0. The summed E-state index contributed by atoms with van der Waals surface area (Å²) in [6.45, 7) is 2.09. The maximum Gasteiger partial charge on any atom is 0.115 e. The molecule has 0 bridgehead atoms. The smallest absolute Gasteiger partial charge is 0.115 e. The number of hydrogen-bond acceptors (Lipinski definition) is 3. The molecule has 3 heteroatoms. The van der Waals surface area contributed by atoms with Crippen LogP contribution in [0.5, 0.6) is 5.75 Å². The number of unbranched alkanes of at least 4 members (excludes halogenated alkanes) is 1. The van der Waals surface area contributed by atoms with E-state index < -0.39 is 0 Å². The Morgan fingerprint density at radius 2 is 1.93 bits per heavy atom. The molecular formula is C11H15NO2. The van der Waals surface area contributed by atoms with Gasteiger partial charge in [-0.1, -0.05) is 18.5 Å². The summed E-state index contributed by atoms with van der Waals surface area (Å²) >= 11 is 0. The van der Waals surface area contributed by atoms with Gasteiger partial charge in [0, 0.05) is 0 Å². The standard InChI is InChI=1S/C11H15NO2/c1-2-3-4-11(12-14)9-5-7-10(13)8-6-9/h5-8,13-14H,2-4H2,1H3. The molecule has 0 amide bonds. The maximum absolute atomic E-state index is 9.08. The molecule has 0 aliphatic carbocycles. The number of benzene rings is 1. The Labute approximate surface area is 83.7 Å². The van der Waals surface area contributed by atoms with Gasteiger partial charge in [-0.25, -0.2) is 0 Å². The van der Waals surface area contributed by atoms with Gasteiger partial charge in [-0.3, -0.25) is 0 Å². The van der Waals surface area contributed by atoms with Crippen LogP contribution in [0.25, 0.3) is 0 Å². The van der Waals surface area contributed by atoms with E-state index in [4.69, 9.17) is 10.3 Å². The van der Waals surface area contributed by atoms with Gasteiger partial charge in [0.05, 0.1) is 5.71 Å². The van der Waals surface area contributed by atoms with E-state index in [0.717, 1.165) is 24.8 Å². The van der Waals surface area contributed by atoms with Crippen molar-refractivity contribution in [3.05, 3.63) is 29.8 Å². The lowest BCUT2D eigenvalue weighted by Gasteiger charge is -2.03. The fraction of sp³-hybridized carbons (Fsp3) is 0.364. The SMILES string of the molecule is CCCCC(=NO)c1ccc(O)cc1. The molecule has 0 aliphatic heterocycles. The monoisotopic (exact) mass is 193 g/mol. The molecule has 1 aromatic carbocycles. The van der Waals surface area contributed by atoms with Gasteiger partial charge < -0.3 is 10.3 Å². The van der Waals surface area contributed by atoms with Crippen molar-refractivity contribution in [3.8, 4) is 5.75 Å². The molecule has 0 unspecified atom stereocenters. The highest BCUT2D eigenvalue weighted by molar-refractivity contribution is 6.00. The van der Waals surface area contributed by atoms with Gasteiger partial charge in [0.1, 0.15) is 5.75 Å². The largest absolute Gasteiger partial charge is 0.508 e. The summed E-state index contributed by atoms with van der Waals surface area (Å²) in [6, 6.07) is 6.68. The molecule has 3 nitrogen and oxygen atoms in total. The van der Waals surface area contributed by atoms with Crippen LogP contribution in [0.1, 0.15) is 31.7 Å². The van der Waals surface area contributed by atoms with E-state index >= 15 is 0 Å². The maximum atomic E-state index is 9.08. The van der Waals surface area contributed by atoms with Gasteiger partial charge in [-0.2, -0.15) is 0 Å². The van der Waals surface area contributed by atoms with Crippen LogP contribution in [0, 0.1) is 0 Å². The summed E-state index contributed by atoms with van der Waals surface area (Å²) < 4.78 is 0. The lowest BCUT2D eigenvalue weighted by molar-refractivity contribution is 0.318. The van der Waals surface area contributed by atoms with Crippen LogP contribution in [-0.2, 0) is 0 Å². The first-order valence-electron chi connectivity index (χ1n) is 4.78. The summed E-state index contributed by atoms with van der Waals surface area (Å²) in [5.74, 6) is 0.224. The first-order chi connectivity index (χ1) is 6.77. The molecule has 0 aliphatic rings. The lowest BCUT2D eigenvalue weighted by Crippen LogP contribution is -2.00. The van der Waals surface area contributed by atoms with Crippen molar-refractivity contribution < 1.29 is 10.3 Å². The van der Waals surface area contributed by atoms with E-state index in [1.165, 1.54) is 0 Å². The third-order valence-electron chi connectivity index (χ3n) is 2.09. The van der Waals surface area contributed by atoms with Gasteiger partial charge in [-0.15, -0.1) is 0 Å². The van der Waals surface area contributed by atoms with E-state index in [-0.39, 0.29) is 5.75 Å². The first-order valence-corrected chi connectivity index (χ1v) is 4.78. The molecule has 1 rings (SSSR count). The highest BCUT2D eigenvalue weighted by Crippen LogP contribution is 2.13. The van der Waals surface area contributed by atoms with Crippen LogP contribution in [0.4, 0.5) is 0 Å². The number of phenolic OH excluding ortho intramolecular Hbond substituents is 1. The van der Waals surface area contributed by atoms with Crippen LogP contribution >= 0.6 is 0 Å². The first kappa shape index (κ1) is 10.6. The number of aromatic hydroxyl groups is 1. The predicted molar refractivity (Wildman–Crippen MR) is 56.0 cm³/mol. The molecule has 0 saturated carbocycles. The summed E-state index contributed by atoms with van der Waals surface area (Å²) in [4.78, 5) is 0. The number of rotatable bonds is 4. The van der Waals surface area contributed by atoms with E-state index in [9.17, 15) is 0 Å². The molecule has 2 N–H and O–H groups in total. The van der Waals surface area contributed by atoms with Gasteiger partial charge in [0.15, 0.2) is 0 Å². The zero-order valence-corrected chi connectivity index (χ0v) is 8.27. The van der Waals surface area contributed by atoms with Crippen molar-refractivity contribution in [2.24, 2.45) is 5.16 Å². The van der Waals surface area contributed by atoms with Gasteiger partial charge >= 0.3 is 0 Å². The van der Waals surface area contributed by atoms with Crippen LogP contribution in [-0.4, -0.2) is 16.0 Å². The van der Waals surface area contributed by atoms with E-state index in [2.05, 4.69) is 12.1 Å². The second kappa shape index (κ2) is 5.27. The molecule has 76 valence electrons. The highest BCUT2D eigenvalue weighted by Gasteiger charge is 2.03. The summed E-state index contributed by atoms with van der Waals surface area (Å²) in [5.41, 5.74) is 1.53. The fourth-order valence-corrected chi connectivity index (χ4v) is 1.25. The van der Waals surface area contributed by atoms with Crippen LogP contribution < -0.4 is 0 Å². The average Bonchev–Trinajstić information content (AvgIpc) is 2.21. The van der Waals surface area contributed by atoms with Crippen molar-refractivity contribution in [1.82, 2.24) is 0 Å². The van der Waals surface area contributed by atoms with Crippen molar-refractivity contribution in [1.29, 1.82) is 0 Å². The Balaban J connectivity index is 2.75. The van der Waals surface area contributed by atoms with Gasteiger partial charge in [0.25, 0.3) is 0 Å². The second-order valence-electron chi connectivity index (χ2n) is 3.20. The average molecular weight is 193 g/mol. The molecule has 0 saturated heterocycles. The van der Waals surface area contributed by atoms with Crippen LogP contribution in [0.3, 0.4) is 0 Å². The van der Waals surface area contributed by atoms with Crippen molar-refractivity contribution in [2.75, 3.05) is 0 Å². The lowest BCUT2D eigenvalue weighted by atomic mass is 10.1. The minimum absolute atomic E-state index is 0.224. The topological polar surface area (TPSA) is 52.8 Å². The molecule has 0 radical (unpaired) electrons. The second-order valence-corrected chi connectivity index (χ2v) is 3.20. The normalized spacial score (nSPS) is 11.6. The summed E-state index contributed by atoms with van der Waals surface area (Å²) in [5, 5.41) is 21.1. The molecular weight excluding hydrogens is 178 g/mol. The molecule has 0 atom stereocenters. The number of hydrogen-bond donors (Lipinski definition) is 2. The quantitative estimate of drug-likeness (QED) is 0.439. The number of oxime groups is 1. The molecule has 14 heavy (non-hydrogen) atoms. The predicted octanol–water partition coefficient (Wildman–Crippen LogP) is 2.76. The Kier molecular flexibility index (Phi) is 3.98. The third kappa shape index (κ3) is 2.76. The minimum Gasteiger partial charge on any atom is -0.508 e. The van der Waals surface area contributed by atoms with Crippen LogP contribution in [0.15, 0.2) is 29.4 Å². The molecule has 0 fully saturated rings. The van der Waals surface area contributed by atoms with Crippen LogP contribution in [0.2, 0.25) is 0 Å². The Bertz CT molecular complexity index is 304. The summed E-state index contributed by atoms with van der Waals surface area (Å²) in [6.07, 6.45) is 2.83. The van der Waals surface area contributed by atoms with E-state index in [1.807, 2.05) is 0 Å².